The zero-order valence-corrected chi connectivity index (χ0v) is 16.9. The lowest BCUT2D eigenvalue weighted by Crippen LogP contribution is -2.08. The minimum Gasteiger partial charge on any atom is -0.0622 e. The van der Waals surface area contributed by atoms with Gasteiger partial charge in [-0.25, -0.2) is 0 Å². The van der Waals surface area contributed by atoms with Crippen molar-refractivity contribution in [1.82, 2.24) is 0 Å². The molecule has 0 bridgehead atoms. The van der Waals surface area contributed by atoms with Gasteiger partial charge in [0, 0.05) is 5.92 Å². The summed E-state index contributed by atoms with van der Waals surface area (Å²) >= 11 is 0. The molecule has 0 heteroatoms. The van der Waals surface area contributed by atoms with E-state index in [1.807, 2.05) is 0 Å². The second-order valence-corrected chi connectivity index (χ2v) is 8.30. The molecule has 2 atom stereocenters. The fraction of sp³-hybridized carbons (Fsp3) is 0.172. The van der Waals surface area contributed by atoms with Crippen LogP contribution in [0.25, 0.3) is 11.1 Å². The van der Waals surface area contributed by atoms with Crippen molar-refractivity contribution < 1.29 is 0 Å². The van der Waals surface area contributed by atoms with Gasteiger partial charge in [-0.05, 0) is 52.2 Å². The van der Waals surface area contributed by atoms with Crippen LogP contribution in [0, 0.1) is 5.92 Å². The highest BCUT2D eigenvalue weighted by Crippen LogP contribution is 2.46. The minimum atomic E-state index is 0.489. The Labute approximate surface area is 173 Å². The van der Waals surface area contributed by atoms with Gasteiger partial charge in [0.05, 0.1) is 0 Å². The van der Waals surface area contributed by atoms with Crippen molar-refractivity contribution in [3.63, 3.8) is 0 Å². The molecule has 29 heavy (non-hydrogen) atoms. The van der Waals surface area contributed by atoms with Crippen molar-refractivity contribution in [3.8, 4) is 0 Å². The van der Waals surface area contributed by atoms with Crippen molar-refractivity contribution in [3.05, 3.63) is 131 Å². The van der Waals surface area contributed by atoms with Crippen molar-refractivity contribution in [2.75, 3.05) is 0 Å². The molecule has 0 radical (unpaired) electrons. The zero-order valence-electron chi connectivity index (χ0n) is 16.9. The third kappa shape index (κ3) is 3.51. The quantitative estimate of drug-likeness (QED) is 0.446. The van der Waals surface area contributed by atoms with Gasteiger partial charge in [0.25, 0.3) is 0 Å². The molecule has 0 saturated heterocycles. The molecule has 0 nitrogen and oxygen atoms in total. The average Bonchev–Trinajstić information content (AvgIpc) is 2.96. The fourth-order valence-electron chi connectivity index (χ4n) is 4.99. The van der Waals surface area contributed by atoms with Gasteiger partial charge in [-0.2, -0.15) is 0 Å². The predicted octanol–water partition coefficient (Wildman–Crippen LogP) is 7.46. The maximum absolute atomic E-state index is 2.46. The van der Waals surface area contributed by atoms with Gasteiger partial charge < -0.3 is 0 Å². The first-order chi connectivity index (χ1) is 14.3. The van der Waals surface area contributed by atoms with E-state index in [4.69, 9.17) is 0 Å². The fourth-order valence-corrected chi connectivity index (χ4v) is 4.99. The maximum Gasteiger partial charge on any atom is 0.00863 e. The molecular weight excluding hydrogens is 348 g/mol. The SMILES string of the molecule is CC1Cc2ccccc2C1C1=CC(c2ccccc2)=CC=C(c2ccccc2)C1. The molecule has 0 fully saturated rings. The number of hydrogen-bond acceptors (Lipinski definition) is 0. The first-order valence-corrected chi connectivity index (χ1v) is 10.6. The Kier molecular flexibility index (Phi) is 4.77. The summed E-state index contributed by atoms with van der Waals surface area (Å²) in [5, 5.41) is 0. The molecule has 2 aliphatic carbocycles. The molecule has 3 aromatic carbocycles. The molecule has 5 rings (SSSR count). The molecule has 3 aromatic rings. The van der Waals surface area contributed by atoms with E-state index in [2.05, 4.69) is 110 Å². The van der Waals surface area contributed by atoms with E-state index in [1.54, 1.807) is 0 Å². The van der Waals surface area contributed by atoms with Crippen LogP contribution >= 0.6 is 0 Å². The van der Waals surface area contributed by atoms with E-state index in [-0.39, 0.29) is 0 Å². The van der Waals surface area contributed by atoms with Gasteiger partial charge in [0.1, 0.15) is 0 Å². The summed E-state index contributed by atoms with van der Waals surface area (Å²) in [6, 6.07) is 30.6. The molecule has 2 unspecified atom stereocenters. The number of benzene rings is 3. The summed E-state index contributed by atoms with van der Waals surface area (Å²) in [5.74, 6) is 1.12. The summed E-state index contributed by atoms with van der Waals surface area (Å²) < 4.78 is 0. The third-order valence-electron chi connectivity index (χ3n) is 6.35. The summed E-state index contributed by atoms with van der Waals surface area (Å²) in [4.78, 5) is 0. The lowest BCUT2D eigenvalue weighted by Gasteiger charge is -2.22. The Balaban J connectivity index is 1.63. The van der Waals surface area contributed by atoms with E-state index < -0.39 is 0 Å². The zero-order chi connectivity index (χ0) is 19.6. The highest BCUT2D eigenvalue weighted by atomic mass is 14.4. The second-order valence-electron chi connectivity index (χ2n) is 8.30. The van der Waals surface area contributed by atoms with Crippen molar-refractivity contribution >= 4 is 11.1 Å². The lowest BCUT2D eigenvalue weighted by atomic mass is 9.82. The minimum absolute atomic E-state index is 0.489. The number of rotatable bonds is 3. The third-order valence-corrected chi connectivity index (χ3v) is 6.35. The maximum atomic E-state index is 2.46. The predicted molar refractivity (Wildman–Crippen MR) is 124 cm³/mol. The molecule has 0 saturated carbocycles. The van der Waals surface area contributed by atoms with Gasteiger partial charge >= 0.3 is 0 Å². The van der Waals surface area contributed by atoms with Gasteiger partial charge in [-0.1, -0.05) is 116 Å². The monoisotopic (exact) mass is 374 g/mol. The van der Waals surface area contributed by atoms with E-state index in [0.717, 1.165) is 6.42 Å². The molecule has 0 aromatic heterocycles. The Morgan fingerprint density at radius 2 is 1.34 bits per heavy atom. The highest BCUT2D eigenvalue weighted by Gasteiger charge is 2.32. The largest absolute Gasteiger partial charge is 0.0622 e. The standard InChI is InChI=1S/C29H26/c1-21-18-26-14-8-9-15-28(26)29(21)27-19-24(22-10-4-2-5-11-22)16-17-25(20-27)23-12-6-3-7-13-23/h2-17,19,21,29H,18,20H2,1H3. The molecule has 142 valence electrons. The van der Waals surface area contributed by atoms with Crippen LogP contribution in [-0.2, 0) is 6.42 Å². The topological polar surface area (TPSA) is 0 Å². The van der Waals surface area contributed by atoms with Crippen molar-refractivity contribution in [1.29, 1.82) is 0 Å². The molecule has 0 aliphatic heterocycles. The summed E-state index contributed by atoms with van der Waals surface area (Å²) in [5.41, 5.74) is 9.89. The van der Waals surface area contributed by atoms with Gasteiger partial charge in [-0.3, -0.25) is 0 Å². The van der Waals surface area contributed by atoms with E-state index in [9.17, 15) is 0 Å². The normalized spacial score (nSPS) is 20.9. The molecule has 0 N–H and O–H groups in total. The Hall–Kier alpha value is -3.12. The van der Waals surface area contributed by atoms with Gasteiger partial charge in [-0.15, -0.1) is 0 Å². The number of fused-ring (bicyclic) bond motifs is 1. The van der Waals surface area contributed by atoms with E-state index >= 15 is 0 Å². The highest BCUT2D eigenvalue weighted by molar-refractivity contribution is 5.82. The Morgan fingerprint density at radius 3 is 2.10 bits per heavy atom. The summed E-state index contributed by atoms with van der Waals surface area (Å²) in [6.07, 6.45) is 9.26. The Morgan fingerprint density at radius 1 is 0.690 bits per heavy atom. The average molecular weight is 375 g/mol. The van der Waals surface area contributed by atoms with Gasteiger partial charge in [0.2, 0.25) is 0 Å². The molecule has 0 spiro atoms. The summed E-state index contributed by atoms with van der Waals surface area (Å²) in [6.45, 7) is 2.41. The van der Waals surface area contributed by atoms with Crippen LogP contribution in [0.1, 0.15) is 41.5 Å². The van der Waals surface area contributed by atoms with Crippen LogP contribution < -0.4 is 0 Å². The number of allylic oxidation sites excluding steroid dienone is 6. The first-order valence-electron chi connectivity index (χ1n) is 10.6. The van der Waals surface area contributed by atoms with E-state index in [1.165, 1.54) is 45.4 Å². The molecular formula is C29H26. The molecule has 0 heterocycles. The molecule has 0 amide bonds. The van der Waals surface area contributed by atoms with Crippen LogP contribution in [-0.4, -0.2) is 0 Å². The summed E-state index contributed by atoms with van der Waals surface area (Å²) in [7, 11) is 0. The Bertz CT molecular complexity index is 1100. The smallest absolute Gasteiger partial charge is 0.00863 e. The van der Waals surface area contributed by atoms with Crippen molar-refractivity contribution in [2.24, 2.45) is 5.92 Å². The van der Waals surface area contributed by atoms with Crippen LogP contribution in [0.15, 0.2) is 109 Å². The van der Waals surface area contributed by atoms with Crippen LogP contribution in [0.2, 0.25) is 0 Å². The van der Waals surface area contributed by atoms with Crippen LogP contribution in [0.4, 0.5) is 0 Å². The second kappa shape index (κ2) is 7.72. The van der Waals surface area contributed by atoms with Gasteiger partial charge in [0.15, 0.2) is 0 Å². The lowest BCUT2D eigenvalue weighted by molar-refractivity contribution is 0.545. The van der Waals surface area contributed by atoms with Crippen LogP contribution in [0.5, 0.6) is 0 Å². The van der Waals surface area contributed by atoms with Crippen LogP contribution in [0.3, 0.4) is 0 Å². The first kappa shape index (κ1) is 17.9. The molecule has 2 aliphatic rings. The van der Waals surface area contributed by atoms with Crippen molar-refractivity contribution in [2.45, 2.75) is 25.7 Å². The van der Waals surface area contributed by atoms with E-state index in [0.29, 0.717) is 11.8 Å². The number of hydrogen-bond donors (Lipinski definition) is 0.